The summed E-state index contributed by atoms with van der Waals surface area (Å²) in [6, 6.07) is 0. The molecule has 1 aliphatic rings. The highest BCUT2D eigenvalue weighted by atomic mass is 16.7. The van der Waals surface area contributed by atoms with Crippen molar-refractivity contribution in [2.75, 3.05) is 6.54 Å². The van der Waals surface area contributed by atoms with Gasteiger partial charge in [-0.15, -0.1) is 0 Å². The number of hydrogen-bond acceptors (Lipinski definition) is 3. The third-order valence-electron chi connectivity index (χ3n) is 1.20. The van der Waals surface area contributed by atoms with Gasteiger partial charge in [0.15, 0.2) is 6.29 Å². The van der Waals surface area contributed by atoms with Gasteiger partial charge < -0.3 is 5.11 Å². The Morgan fingerprint density at radius 3 is 3.25 bits per heavy atom. The lowest BCUT2D eigenvalue weighted by molar-refractivity contribution is -0.140. The summed E-state index contributed by atoms with van der Waals surface area (Å²) in [6.07, 6.45) is 2.32. The largest absolute Gasteiger partial charge is 0.366 e. The zero-order valence-corrected chi connectivity index (χ0v) is 4.76. The van der Waals surface area contributed by atoms with Crippen molar-refractivity contribution in [1.82, 2.24) is 5.48 Å². The van der Waals surface area contributed by atoms with E-state index in [0.717, 1.165) is 25.8 Å². The van der Waals surface area contributed by atoms with E-state index in [1.807, 2.05) is 0 Å². The minimum Gasteiger partial charge on any atom is -0.366 e. The van der Waals surface area contributed by atoms with Crippen LogP contribution in [0.2, 0.25) is 0 Å². The van der Waals surface area contributed by atoms with Crippen molar-refractivity contribution in [3.8, 4) is 0 Å². The molecular formula is C5H11NO2. The number of aliphatic hydroxyl groups excluding tert-OH is 1. The molecule has 0 spiro atoms. The van der Waals surface area contributed by atoms with E-state index in [1.165, 1.54) is 0 Å². The number of hydrogen-bond donors (Lipinski definition) is 2. The van der Waals surface area contributed by atoms with E-state index >= 15 is 0 Å². The van der Waals surface area contributed by atoms with Gasteiger partial charge in [0.2, 0.25) is 0 Å². The lowest BCUT2D eigenvalue weighted by atomic mass is 10.2. The molecule has 1 fully saturated rings. The molecule has 3 nitrogen and oxygen atoms in total. The van der Waals surface area contributed by atoms with Crippen molar-refractivity contribution in [3.05, 3.63) is 0 Å². The average Bonchev–Trinajstić information content (AvgIpc) is 1.94. The van der Waals surface area contributed by atoms with Crippen molar-refractivity contribution in [2.45, 2.75) is 25.6 Å². The standard InChI is InChI=1S/C5H11NO2/c7-5-3-1-2-4-6-8-5/h5-7H,1-4H2. The maximum atomic E-state index is 8.80. The fourth-order valence-corrected chi connectivity index (χ4v) is 0.730. The summed E-state index contributed by atoms with van der Waals surface area (Å²) in [4.78, 5) is 4.71. The van der Waals surface area contributed by atoms with Gasteiger partial charge in [-0.2, -0.15) is 5.48 Å². The van der Waals surface area contributed by atoms with Crippen molar-refractivity contribution in [1.29, 1.82) is 0 Å². The fourth-order valence-electron chi connectivity index (χ4n) is 0.730. The summed E-state index contributed by atoms with van der Waals surface area (Å²) in [6.45, 7) is 0.858. The molecule has 0 aromatic heterocycles. The van der Waals surface area contributed by atoms with E-state index < -0.39 is 6.29 Å². The first-order valence-electron chi connectivity index (χ1n) is 2.96. The van der Waals surface area contributed by atoms with Crippen LogP contribution in [0.25, 0.3) is 0 Å². The Hall–Kier alpha value is -0.120. The van der Waals surface area contributed by atoms with Gasteiger partial charge >= 0.3 is 0 Å². The molecule has 2 N–H and O–H groups in total. The third-order valence-corrected chi connectivity index (χ3v) is 1.20. The molecule has 0 bridgehead atoms. The molecule has 3 heteroatoms. The van der Waals surface area contributed by atoms with E-state index in [4.69, 9.17) is 9.94 Å². The minimum absolute atomic E-state index is 0.586. The topological polar surface area (TPSA) is 41.5 Å². The van der Waals surface area contributed by atoms with Gasteiger partial charge in [-0.05, 0) is 19.3 Å². The van der Waals surface area contributed by atoms with Crippen molar-refractivity contribution >= 4 is 0 Å². The van der Waals surface area contributed by atoms with Gasteiger partial charge in [0, 0.05) is 6.54 Å². The number of nitrogens with one attached hydrogen (secondary N) is 1. The number of hydroxylamine groups is 1. The molecule has 1 heterocycles. The third kappa shape index (κ3) is 1.78. The van der Waals surface area contributed by atoms with E-state index in [-0.39, 0.29) is 0 Å². The first-order valence-corrected chi connectivity index (χ1v) is 2.96. The molecule has 48 valence electrons. The van der Waals surface area contributed by atoms with Crippen LogP contribution in [0.4, 0.5) is 0 Å². The second kappa shape index (κ2) is 3.02. The first-order chi connectivity index (χ1) is 3.89. The Morgan fingerprint density at radius 2 is 2.38 bits per heavy atom. The molecule has 1 aliphatic heterocycles. The highest BCUT2D eigenvalue weighted by Crippen LogP contribution is 2.03. The predicted molar refractivity (Wildman–Crippen MR) is 28.9 cm³/mol. The fraction of sp³-hybridized carbons (Fsp3) is 1.00. The predicted octanol–water partition coefficient (Wildman–Crippen LogP) is 0.00990. The quantitative estimate of drug-likeness (QED) is 0.469. The second-order valence-corrected chi connectivity index (χ2v) is 1.96. The highest BCUT2D eigenvalue weighted by molar-refractivity contribution is 4.48. The van der Waals surface area contributed by atoms with Gasteiger partial charge in [0.05, 0.1) is 0 Å². The van der Waals surface area contributed by atoms with Crippen LogP contribution in [-0.2, 0) is 4.84 Å². The van der Waals surface area contributed by atoms with Gasteiger partial charge in [0.1, 0.15) is 0 Å². The summed E-state index contributed by atoms with van der Waals surface area (Å²) >= 11 is 0. The molecule has 1 atom stereocenters. The Kier molecular flexibility index (Phi) is 2.27. The monoisotopic (exact) mass is 117 g/mol. The Bertz CT molecular complexity index is 59.4. The summed E-state index contributed by atoms with van der Waals surface area (Å²) in [5, 5.41) is 8.80. The van der Waals surface area contributed by atoms with Crippen LogP contribution in [0, 0.1) is 0 Å². The van der Waals surface area contributed by atoms with E-state index in [9.17, 15) is 0 Å². The van der Waals surface area contributed by atoms with Crippen molar-refractivity contribution in [2.24, 2.45) is 0 Å². The SMILES string of the molecule is OC1CCCCNO1. The van der Waals surface area contributed by atoms with Crippen LogP contribution < -0.4 is 5.48 Å². The number of aliphatic hydroxyl groups is 1. The minimum atomic E-state index is -0.586. The average molecular weight is 117 g/mol. The Labute approximate surface area is 48.6 Å². The Morgan fingerprint density at radius 1 is 1.50 bits per heavy atom. The normalized spacial score (nSPS) is 31.9. The molecule has 0 amide bonds. The maximum absolute atomic E-state index is 8.80. The smallest absolute Gasteiger partial charge is 0.174 e. The van der Waals surface area contributed by atoms with Crippen LogP contribution in [-0.4, -0.2) is 17.9 Å². The van der Waals surface area contributed by atoms with Crippen LogP contribution in [0.1, 0.15) is 19.3 Å². The van der Waals surface area contributed by atoms with E-state index in [2.05, 4.69) is 5.48 Å². The summed E-state index contributed by atoms with van der Waals surface area (Å²) in [5.41, 5.74) is 2.65. The summed E-state index contributed by atoms with van der Waals surface area (Å²) in [7, 11) is 0. The molecule has 0 aliphatic carbocycles. The van der Waals surface area contributed by atoms with Crippen LogP contribution in [0.5, 0.6) is 0 Å². The molecule has 0 aromatic rings. The van der Waals surface area contributed by atoms with Gasteiger partial charge in [0.25, 0.3) is 0 Å². The molecule has 1 unspecified atom stereocenters. The molecule has 0 aromatic carbocycles. The lowest BCUT2D eigenvalue weighted by Gasteiger charge is -2.04. The maximum Gasteiger partial charge on any atom is 0.174 e. The van der Waals surface area contributed by atoms with Gasteiger partial charge in [-0.1, -0.05) is 0 Å². The molecule has 1 rings (SSSR count). The van der Waals surface area contributed by atoms with Crippen LogP contribution >= 0.6 is 0 Å². The summed E-state index contributed by atoms with van der Waals surface area (Å²) in [5.74, 6) is 0. The van der Waals surface area contributed by atoms with Crippen molar-refractivity contribution < 1.29 is 9.94 Å². The lowest BCUT2D eigenvalue weighted by Crippen LogP contribution is -2.20. The van der Waals surface area contributed by atoms with E-state index in [0.29, 0.717) is 0 Å². The number of rotatable bonds is 0. The van der Waals surface area contributed by atoms with E-state index in [1.54, 1.807) is 0 Å². The zero-order valence-electron chi connectivity index (χ0n) is 4.76. The molecule has 0 saturated carbocycles. The molecular weight excluding hydrogens is 106 g/mol. The van der Waals surface area contributed by atoms with Crippen LogP contribution in [0.3, 0.4) is 0 Å². The van der Waals surface area contributed by atoms with Crippen molar-refractivity contribution in [3.63, 3.8) is 0 Å². The van der Waals surface area contributed by atoms with Crippen LogP contribution in [0.15, 0.2) is 0 Å². The van der Waals surface area contributed by atoms with Gasteiger partial charge in [-0.25, -0.2) is 0 Å². The molecule has 8 heavy (non-hydrogen) atoms. The summed E-state index contributed by atoms with van der Waals surface area (Å²) < 4.78 is 0. The second-order valence-electron chi connectivity index (χ2n) is 1.96. The molecule has 1 saturated heterocycles. The zero-order chi connectivity index (χ0) is 5.82. The highest BCUT2D eigenvalue weighted by Gasteiger charge is 2.06. The molecule has 0 radical (unpaired) electrons. The first kappa shape index (κ1) is 6.01. The Balaban J connectivity index is 2.17. The van der Waals surface area contributed by atoms with Gasteiger partial charge in [-0.3, -0.25) is 4.84 Å².